The maximum Gasteiger partial charge on any atom is 0.241 e. The molecule has 6 heteroatoms. The number of hydrogen-bond acceptors (Lipinski definition) is 4. The Morgan fingerprint density at radius 2 is 2.28 bits per heavy atom. The number of likely N-dealkylation sites (tertiary alicyclic amines) is 1. The third kappa shape index (κ3) is 3.73. The molecule has 1 amide bonds. The Labute approximate surface area is 107 Å². The van der Waals surface area contributed by atoms with Crippen molar-refractivity contribution in [3.05, 3.63) is 12.4 Å². The Balaban J connectivity index is 1.68. The minimum atomic E-state index is -0.00275. The van der Waals surface area contributed by atoms with E-state index in [4.69, 9.17) is 5.73 Å². The van der Waals surface area contributed by atoms with Gasteiger partial charge >= 0.3 is 0 Å². The largest absolute Gasteiger partial charge is 0.396 e. The van der Waals surface area contributed by atoms with Crippen LogP contribution in [-0.2, 0) is 11.3 Å². The summed E-state index contributed by atoms with van der Waals surface area (Å²) in [7, 11) is 2.14. The van der Waals surface area contributed by atoms with Crippen molar-refractivity contribution in [2.45, 2.75) is 19.4 Å². The van der Waals surface area contributed by atoms with Gasteiger partial charge in [-0.15, -0.1) is 0 Å². The van der Waals surface area contributed by atoms with E-state index in [-0.39, 0.29) is 12.5 Å². The molecule has 0 radical (unpaired) electrons. The molecule has 1 saturated heterocycles. The zero-order chi connectivity index (χ0) is 13.0. The molecule has 0 saturated carbocycles. The molecule has 3 N–H and O–H groups in total. The fourth-order valence-corrected chi connectivity index (χ4v) is 2.19. The molecule has 1 aliphatic rings. The maximum absolute atomic E-state index is 11.7. The van der Waals surface area contributed by atoms with Gasteiger partial charge in [-0.3, -0.25) is 9.48 Å². The van der Waals surface area contributed by atoms with E-state index in [1.54, 1.807) is 17.1 Å². The molecule has 2 rings (SSSR count). The van der Waals surface area contributed by atoms with Gasteiger partial charge in [-0.1, -0.05) is 0 Å². The van der Waals surface area contributed by atoms with Gasteiger partial charge in [0.15, 0.2) is 0 Å². The molecule has 0 spiro atoms. The molecule has 1 aromatic heterocycles. The molecule has 6 nitrogen and oxygen atoms in total. The normalized spacial score (nSPS) is 17.8. The Morgan fingerprint density at radius 1 is 1.56 bits per heavy atom. The fraction of sp³-hybridized carbons (Fsp3) is 0.667. The summed E-state index contributed by atoms with van der Waals surface area (Å²) in [5, 5.41) is 6.95. The Bertz CT molecular complexity index is 395. The molecule has 0 bridgehead atoms. The van der Waals surface area contributed by atoms with Gasteiger partial charge in [0.1, 0.15) is 6.54 Å². The van der Waals surface area contributed by atoms with Crippen molar-refractivity contribution in [2.75, 3.05) is 32.4 Å². The Kier molecular flexibility index (Phi) is 4.19. The average molecular weight is 251 g/mol. The number of nitrogen functional groups attached to an aromatic ring is 1. The van der Waals surface area contributed by atoms with Gasteiger partial charge in [-0.05, 0) is 38.9 Å². The summed E-state index contributed by atoms with van der Waals surface area (Å²) in [5.74, 6) is 0.602. The summed E-state index contributed by atoms with van der Waals surface area (Å²) < 4.78 is 1.55. The zero-order valence-electron chi connectivity index (χ0n) is 10.8. The first-order valence-corrected chi connectivity index (χ1v) is 6.36. The number of carbonyl (C=O) groups is 1. The van der Waals surface area contributed by atoms with E-state index in [2.05, 4.69) is 22.4 Å². The summed E-state index contributed by atoms with van der Waals surface area (Å²) in [6.07, 6.45) is 5.52. The number of piperidine rings is 1. The molecule has 0 unspecified atom stereocenters. The van der Waals surface area contributed by atoms with Crippen LogP contribution >= 0.6 is 0 Å². The lowest BCUT2D eigenvalue weighted by Gasteiger charge is -2.28. The van der Waals surface area contributed by atoms with Crippen LogP contribution in [0.2, 0.25) is 0 Å². The highest BCUT2D eigenvalue weighted by Crippen LogP contribution is 2.14. The molecule has 2 heterocycles. The molecule has 0 aromatic carbocycles. The van der Waals surface area contributed by atoms with E-state index >= 15 is 0 Å². The van der Waals surface area contributed by atoms with Crippen molar-refractivity contribution in [2.24, 2.45) is 5.92 Å². The van der Waals surface area contributed by atoms with Crippen LogP contribution in [0.3, 0.4) is 0 Å². The summed E-state index contributed by atoms with van der Waals surface area (Å²) >= 11 is 0. The standard InChI is InChI=1S/C12H21N5O/c1-16-4-2-10(3-5-16)6-14-12(18)9-17-8-11(13)7-15-17/h7-8,10H,2-6,9,13H2,1H3,(H,14,18). The van der Waals surface area contributed by atoms with Crippen LogP contribution in [0.25, 0.3) is 0 Å². The highest BCUT2D eigenvalue weighted by Gasteiger charge is 2.17. The second-order valence-corrected chi connectivity index (χ2v) is 5.02. The molecule has 1 fully saturated rings. The smallest absolute Gasteiger partial charge is 0.241 e. The number of nitrogens with one attached hydrogen (secondary N) is 1. The lowest BCUT2D eigenvalue weighted by molar-refractivity contribution is -0.122. The van der Waals surface area contributed by atoms with Gasteiger partial charge in [0.25, 0.3) is 0 Å². The van der Waals surface area contributed by atoms with Crippen LogP contribution in [0, 0.1) is 5.92 Å². The Hall–Kier alpha value is -1.56. The maximum atomic E-state index is 11.7. The minimum absolute atomic E-state index is 0.00275. The van der Waals surface area contributed by atoms with E-state index in [9.17, 15) is 4.79 Å². The molecule has 1 aromatic rings. The SMILES string of the molecule is CN1CCC(CNC(=O)Cn2cc(N)cn2)CC1. The Morgan fingerprint density at radius 3 is 2.89 bits per heavy atom. The third-order valence-electron chi connectivity index (χ3n) is 3.38. The van der Waals surface area contributed by atoms with E-state index in [1.807, 2.05) is 0 Å². The van der Waals surface area contributed by atoms with Crippen molar-refractivity contribution >= 4 is 11.6 Å². The molecule has 0 aliphatic carbocycles. The van der Waals surface area contributed by atoms with Crippen molar-refractivity contribution in [1.82, 2.24) is 20.0 Å². The molecule has 18 heavy (non-hydrogen) atoms. The number of nitrogens with zero attached hydrogens (tertiary/aromatic N) is 3. The summed E-state index contributed by atoms with van der Waals surface area (Å²) in [6.45, 7) is 3.25. The van der Waals surface area contributed by atoms with E-state index in [0.29, 0.717) is 11.6 Å². The van der Waals surface area contributed by atoms with Gasteiger partial charge in [0, 0.05) is 12.7 Å². The van der Waals surface area contributed by atoms with Gasteiger partial charge in [-0.2, -0.15) is 5.10 Å². The van der Waals surface area contributed by atoms with Crippen LogP contribution in [0.1, 0.15) is 12.8 Å². The molecule has 0 atom stereocenters. The first-order valence-electron chi connectivity index (χ1n) is 6.36. The van der Waals surface area contributed by atoms with Crippen LogP contribution in [-0.4, -0.2) is 47.3 Å². The lowest BCUT2D eigenvalue weighted by atomic mass is 9.97. The highest BCUT2D eigenvalue weighted by atomic mass is 16.2. The number of carbonyl (C=O) groups excluding carboxylic acids is 1. The van der Waals surface area contributed by atoms with Crippen molar-refractivity contribution in [1.29, 1.82) is 0 Å². The van der Waals surface area contributed by atoms with Crippen molar-refractivity contribution < 1.29 is 4.79 Å². The van der Waals surface area contributed by atoms with E-state index in [1.165, 1.54) is 0 Å². The predicted molar refractivity (Wildman–Crippen MR) is 69.9 cm³/mol. The van der Waals surface area contributed by atoms with E-state index in [0.717, 1.165) is 32.5 Å². The quantitative estimate of drug-likeness (QED) is 0.785. The number of nitrogens with two attached hydrogens (primary N) is 1. The fourth-order valence-electron chi connectivity index (χ4n) is 2.19. The molecule has 1 aliphatic heterocycles. The first kappa shape index (κ1) is 12.9. The second kappa shape index (κ2) is 5.86. The van der Waals surface area contributed by atoms with Gasteiger partial charge in [0.2, 0.25) is 5.91 Å². The van der Waals surface area contributed by atoms with Crippen LogP contribution < -0.4 is 11.1 Å². The van der Waals surface area contributed by atoms with Gasteiger partial charge in [0.05, 0.1) is 11.9 Å². The summed E-state index contributed by atoms with van der Waals surface area (Å²) in [4.78, 5) is 14.0. The minimum Gasteiger partial charge on any atom is -0.396 e. The molecule has 100 valence electrons. The highest BCUT2D eigenvalue weighted by molar-refractivity contribution is 5.75. The summed E-state index contributed by atoms with van der Waals surface area (Å²) in [5.41, 5.74) is 6.12. The van der Waals surface area contributed by atoms with E-state index < -0.39 is 0 Å². The predicted octanol–water partition coefficient (Wildman–Crippen LogP) is -0.0767. The number of rotatable bonds is 4. The van der Waals surface area contributed by atoms with Crippen molar-refractivity contribution in [3.8, 4) is 0 Å². The number of aromatic nitrogens is 2. The molecular formula is C12H21N5O. The topological polar surface area (TPSA) is 76.2 Å². The first-order chi connectivity index (χ1) is 8.63. The molecular weight excluding hydrogens is 230 g/mol. The number of hydrogen-bond donors (Lipinski definition) is 2. The van der Waals surface area contributed by atoms with Crippen LogP contribution in [0.5, 0.6) is 0 Å². The number of amides is 1. The second-order valence-electron chi connectivity index (χ2n) is 5.02. The van der Waals surface area contributed by atoms with Gasteiger partial charge < -0.3 is 16.0 Å². The van der Waals surface area contributed by atoms with Crippen molar-refractivity contribution in [3.63, 3.8) is 0 Å². The average Bonchev–Trinajstić information content (AvgIpc) is 2.74. The summed E-state index contributed by atoms with van der Waals surface area (Å²) in [6, 6.07) is 0. The van der Waals surface area contributed by atoms with Crippen LogP contribution in [0.15, 0.2) is 12.4 Å². The monoisotopic (exact) mass is 251 g/mol. The lowest BCUT2D eigenvalue weighted by Crippen LogP contribution is -2.37. The number of anilines is 1. The van der Waals surface area contributed by atoms with Crippen LogP contribution in [0.4, 0.5) is 5.69 Å². The zero-order valence-corrected chi connectivity index (χ0v) is 10.8. The van der Waals surface area contributed by atoms with Gasteiger partial charge in [-0.25, -0.2) is 0 Å². The third-order valence-corrected chi connectivity index (χ3v) is 3.38.